The molecule has 0 aromatic heterocycles. The highest BCUT2D eigenvalue weighted by molar-refractivity contribution is 5.96. The number of anilines is 1. The van der Waals surface area contributed by atoms with Gasteiger partial charge in [-0.25, -0.2) is 0 Å². The normalized spacial score (nSPS) is 10.5. The van der Waals surface area contributed by atoms with Crippen LogP contribution < -0.4 is 10.1 Å². The molecular formula is C20H23NO3. The molecule has 1 amide bonds. The van der Waals surface area contributed by atoms with E-state index in [1.807, 2.05) is 31.2 Å². The maximum absolute atomic E-state index is 12.1. The Kier molecular flexibility index (Phi) is 6.13. The number of hydrogen-bond acceptors (Lipinski definition) is 3. The number of hydrogen-bond donors (Lipinski definition) is 1. The molecule has 0 aliphatic rings. The van der Waals surface area contributed by atoms with Crippen LogP contribution in [0.25, 0.3) is 0 Å². The predicted molar refractivity (Wildman–Crippen MR) is 95.7 cm³/mol. The SMILES string of the molecule is CCC(=O)c1ccc(OCC(=O)Nc2ccccc2C(C)C)cc1. The number of ether oxygens (including phenoxy) is 1. The summed E-state index contributed by atoms with van der Waals surface area (Å²) in [7, 11) is 0. The maximum atomic E-state index is 12.1. The number of carbonyl (C=O) groups is 2. The van der Waals surface area contributed by atoms with E-state index in [1.54, 1.807) is 24.3 Å². The van der Waals surface area contributed by atoms with Gasteiger partial charge >= 0.3 is 0 Å². The lowest BCUT2D eigenvalue weighted by molar-refractivity contribution is -0.118. The Morgan fingerprint density at radius 3 is 2.33 bits per heavy atom. The minimum absolute atomic E-state index is 0.0759. The number of para-hydroxylation sites is 1. The van der Waals surface area contributed by atoms with E-state index >= 15 is 0 Å². The second-order valence-electron chi connectivity index (χ2n) is 5.88. The molecule has 0 radical (unpaired) electrons. The van der Waals surface area contributed by atoms with E-state index in [2.05, 4.69) is 19.2 Å². The minimum atomic E-state index is -0.211. The molecule has 2 rings (SSSR count). The first-order chi connectivity index (χ1) is 11.5. The average Bonchev–Trinajstić information content (AvgIpc) is 2.60. The first-order valence-corrected chi connectivity index (χ1v) is 8.16. The minimum Gasteiger partial charge on any atom is -0.484 e. The standard InChI is InChI=1S/C20H23NO3/c1-4-19(22)15-9-11-16(12-10-15)24-13-20(23)21-18-8-6-5-7-17(18)14(2)3/h5-12,14H,4,13H2,1-3H3,(H,21,23). The molecule has 126 valence electrons. The zero-order chi connectivity index (χ0) is 17.5. The zero-order valence-electron chi connectivity index (χ0n) is 14.3. The van der Waals surface area contributed by atoms with Gasteiger partial charge in [0, 0.05) is 17.7 Å². The number of ketones is 1. The lowest BCUT2D eigenvalue weighted by Crippen LogP contribution is -2.21. The third kappa shape index (κ3) is 4.69. The first kappa shape index (κ1) is 17.7. The van der Waals surface area contributed by atoms with Gasteiger partial charge in [-0.2, -0.15) is 0 Å². The van der Waals surface area contributed by atoms with E-state index in [-0.39, 0.29) is 18.3 Å². The molecule has 4 nitrogen and oxygen atoms in total. The molecule has 2 aromatic rings. The molecule has 4 heteroatoms. The summed E-state index contributed by atoms with van der Waals surface area (Å²) >= 11 is 0. The monoisotopic (exact) mass is 325 g/mol. The lowest BCUT2D eigenvalue weighted by atomic mass is 10.0. The predicted octanol–water partition coefficient (Wildman–Crippen LogP) is 4.42. The van der Waals surface area contributed by atoms with Gasteiger partial charge in [-0.15, -0.1) is 0 Å². The molecule has 0 aliphatic carbocycles. The molecule has 0 unspecified atom stereocenters. The molecule has 24 heavy (non-hydrogen) atoms. The van der Waals surface area contributed by atoms with E-state index in [1.165, 1.54) is 0 Å². The Bertz CT molecular complexity index is 705. The first-order valence-electron chi connectivity index (χ1n) is 8.16. The average molecular weight is 325 g/mol. The van der Waals surface area contributed by atoms with Gasteiger partial charge in [-0.3, -0.25) is 9.59 Å². The molecule has 0 saturated heterocycles. The van der Waals surface area contributed by atoms with Gasteiger partial charge in [-0.1, -0.05) is 39.0 Å². The Hall–Kier alpha value is -2.62. The van der Waals surface area contributed by atoms with Crippen molar-refractivity contribution in [2.45, 2.75) is 33.1 Å². The van der Waals surface area contributed by atoms with Crippen LogP contribution >= 0.6 is 0 Å². The maximum Gasteiger partial charge on any atom is 0.262 e. The lowest BCUT2D eigenvalue weighted by Gasteiger charge is -2.14. The van der Waals surface area contributed by atoms with E-state index in [0.29, 0.717) is 23.7 Å². The molecule has 0 saturated carbocycles. The number of rotatable bonds is 7. The van der Waals surface area contributed by atoms with Gasteiger partial charge < -0.3 is 10.1 Å². The fourth-order valence-electron chi connectivity index (χ4n) is 2.39. The quantitative estimate of drug-likeness (QED) is 0.767. The largest absolute Gasteiger partial charge is 0.484 e. The van der Waals surface area contributed by atoms with E-state index < -0.39 is 0 Å². The topological polar surface area (TPSA) is 55.4 Å². The third-order valence-electron chi connectivity index (χ3n) is 3.72. The van der Waals surface area contributed by atoms with E-state index in [4.69, 9.17) is 4.74 Å². The number of Topliss-reactive ketones (excluding diaryl/α,β-unsaturated/α-hetero) is 1. The summed E-state index contributed by atoms with van der Waals surface area (Å²) in [6, 6.07) is 14.6. The molecule has 2 aromatic carbocycles. The second kappa shape index (κ2) is 8.29. The van der Waals surface area contributed by atoms with Gasteiger partial charge in [0.1, 0.15) is 5.75 Å². The Balaban J connectivity index is 1.93. The molecule has 0 spiro atoms. The van der Waals surface area contributed by atoms with Crippen LogP contribution in [0.3, 0.4) is 0 Å². The van der Waals surface area contributed by atoms with Crippen molar-refractivity contribution in [1.29, 1.82) is 0 Å². The van der Waals surface area contributed by atoms with Gasteiger partial charge in [0.15, 0.2) is 12.4 Å². The van der Waals surface area contributed by atoms with E-state index in [0.717, 1.165) is 11.3 Å². The highest BCUT2D eigenvalue weighted by atomic mass is 16.5. The van der Waals surface area contributed by atoms with Crippen molar-refractivity contribution in [3.05, 3.63) is 59.7 Å². The van der Waals surface area contributed by atoms with Crippen LogP contribution in [0.5, 0.6) is 5.75 Å². The summed E-state index contributed by atoms with van der Waals surface area (Å²) in [5.74, 6) is 0.766. The van der Waals surface area contributed by atoms with Crippen LogP contribution in [0.15, 0.2) is 48.5 Å². The summed E-state index contributed by atoms with van der Waals surface area (Å²) in [5, 5.41) is 2.88. The summed E-state index contributed by atoms with van der Waals surface area (Å²) in [6.45, 7) is 5.92. The summed E-state index contributed by atoms with van der Waals surface area (Å²) in [5.41, 5.74) is 2.55. The van der Waals surface area contributed by atoms with Crippen LogP contribution in [-0.2, 0) is 4.79 Å². The second-order valence-corrected chi connectivity index (χ2v) is 5.88. The van der Waals surface area contributed by atoms with Crippen LogP contribution in [0.4, 0.5) is 5.69 Å². The highest BCUT2D eigenvalue weighted by Gasteiger charge is 2.10. The molecule has 0 heterocycles. The van der Waals surface area contributed by atoms with Crippen molar-refractivity contribution in [3.63, 3.8) is 0 Å². The number of carbonyl (C=O) groups excluding carboxylic acids is 2. The fourth-order valence-corrected chi connectivity index (χ4v) is 2.39. The van der Waals surface area contributed by atoms with Crippen molar-refractivity contribution in [2.24, 2.45) is 0 Å². The van der Waals surface area contributed by atoms with Gasteiger partial charge in [0.2, 0.25) is 0 Å². The number of amides is 1. The molecule has 0 atom stereocenters. The van der Waals surface area contributed by atoms with Crippen LogP contribution in [0.2, 0.25) is 0 Å². The highest BCUT2D eigenvalue weighted by Crippen LogP contribution is 2.23. The molecule has 0 aliphatic heterocycles. The number of nitrogens with one attached hydrogen (secondary N) is 1. The van der Waals surface area contributed by atoms with Gasteiger partial charge in [0.05, 0.1) is 0 Å². The van der Waals surface area contributed by atoms with Crippen LogP contribution in [-0.4, -0.2) is 18.3 Å². The van der Waals surface area contributed by atoms with Crippen molar-refractivity contribution in [1.82, 2.24) is 0 Å². The molecule has 0 bridgehead atoms. The fraction of sp³-hybridized carbons (Fsp3) is 0.300. The summed E-state index contributed by atoms with van der Waals surface area (Å²) < 4.78 is 5.49. The van der Waals surface area contributed by atoms with Crippen LogP contribution in [0.1, 0.15) is 49.0 Å². The molecule has 0 fully saturated rings. The number of benzene rings is 2. The summed E-state index contributed by atoms with van der Waals surface area (Å²) in [4.78, 5) is 23.7. The molecular weight excluding hydrogens is 302 g/mol. The van der Waals surface area contributed by atoms with E-state index in [9.17, 15) is 9.59 Å². The smallest absolute Gasteiger partial charge is 0.262 e. The Morgan fingerprint density at radius 2 is 1.71 bits per heavy atom. The van der Waals surface area contributed by atoms with Crippen molar-refractivity contribution >= 4 is 17.4 Å². The Labute approximate surface area is 142 Å². The van der Waals surface area contributed by atoms with Gasteiger partial charge in [-0.05, 0) is 41.8 Å². The summed E-state index contributed by atoms with van der Waals surface area (Å²) in [6.07, 6.45) is 0.470. The van der Waals surface area contributed by atoms with Crippen molar-refractivity contribution in [3.8, 4) is 5.75 Å². The third-order valence-corrected chi connectivity index (χ3v) is 3.72. The Morgan fingerprint density at radius 1 is 1.04 bits per heavy atom. The van der Waals surface area contributed by atoms with Crippen molar-refractivity contribution in [2.75, 3.05) is 11.9 Å². The van der Waals surface area contributed by atoms with Gasteiger partial charge in [0.25, 0.3) is 5.91 Å². The molecule has 1 N–H and O–H groups in total. The zero-order valence-corrected chi connectivity index (χ0v) is 14.3. The van der Waals surface area contributed by atoms with Crippen molar-refractivity contribution < 1.29 is 14.3 Å². The van der Waals surface area contributed by atoms with Crippen LogP contribution in [0, 0.1) is 0 Å².